The topological polar surface area (TPSA) is 86.0 Å². The van der Waals surface area contributed by atoms with E-state index in [0.717, 1.165) is 0 Å². The molecule has 0 aliphatic heterocycles. The lowest BCUT2D eigenvalue weighted by molar-refractivity contribution is -0.147. The largest absolute Gasteiger partial charge is 0.493 e. The Bertz CT molecular complexity index is 1110. The van der Waals surface area contributed by atoms with E-state index in [9.17, 15) is 9.59 Å². The Morgan fingerprint density at radius 2 is 1.96 bits per heavy atom. The number of ether oxygens (including phenoxy) is 2. The van der Waals surface area contributed by atoms with Crippen molar-refractivity contribution in [1.82, 2.24) is 0 Å². The molecule has 0 spiro atoms. The molecule has 1 aliphatic carbocycles. The van der Waals surface area contributed by atoms with Crippen LogP contribution in [-0.4, -0.2) is 24.3 Å². The van der Waals surface area contributed by atoms with Gasteiger partial charge in [-0.2, -0.15) is 0 Å². The van der Waals surface area contributed by atoms with Crippen molar-refractivity contribution in [2.24, 2.45) is 5.92 Å². The van der Waals surface area contributed by atoms with E-state index in [-0.39, 0.29) is 17.5 Å². The maximum Gasteiger partial charge on any atom is 0.306 e. The molecule has 0 radical (unpaired) electrons. The van der Waals surface area contributed by atoms with Gasteiger partial charge < -0.3 is 19.0 Å². The standard InChI is InChI=1S/C21H17ClO6/c1-26-17-6-5-11(9-19(17)27-13-7-12(8-13)21(24)25)18-10-16(23)14-3-2-4-15(22)20(14)28-18/h2-6,9-10,12-13H,7-8H2,1H3,(H,24,25). The summed E-state index contributed by atoms with van der Waals surface area (Å²) in [5.74, 6) is 0.157. The zero-order valence-electron chi connectivity index (χ0n) is 15.0. The maximum atomic E-state index is 12.4. The summed E-state index contributed by atoms with van der Waals surface area (Å²) in [5, 5.41) is 9.78. The van der Waals surface area contributed by atoms with E-state index in [1.165, 1.54) is 13.2 Å². The Balaban J connectivity index is 1.69. The molecule has 1 fully saturated rings. The molecular formula is C21H17ClO6. The summed E-state index contributed by atoms with van der Waals surface area (Å²) in [4.78, 5) is 23.4. The predicted molar refractivity (Wildman–Crippen MR) is 104 cm³/mol. The molecule has 1 N–H and O–H groups in total. The molecule has 1 saturated carbocycles. The molecule has 0 bridgehead atoms. The molecule has 4 rings (SSSR count). The summed E-state index contributed by atoms with van der Waals surface area (Å²) in [6.07, 6.45) is 0.704. The fourth-order valence-corrected chi connectivity index (χ4v) is 3.46. The second-order valence-corrected chi connectivity index (χ2v) is 7.11. The van der Waals surface area contributed by atoms with Crippen LogP contribution >= 0.6 is 11.6 Å². The summed E-state index contributed by atoms with van der Waals surface area (Å²) in [6.45, 7) is 0. The van der Waals surface area contributed by atoms with Gasteiger partial charge in [-0.1, -0.05) is 17.7 Å². The van der Waals surface area contributed by atoms with Gasteiger partial charge in [-0.05, 0) is 43.2 Å². The summed E-state index contributed by atoms with van der Waals surface area (Å²) in [7, 11) is 1.53. The van der Waals surface area contributed by atoms with Gasteiger partial charge >= 0.3 is 5.97 Å². The first-order valence-corrected chi connectivity index (χ1v) is 9.14. The molecule has 1 aromatic heterocycles. The van der Waals surface area contributed by atoms with Crippen molar-refractivity contribution in [3.8, 4) is 22.8 Å². The van der Waals surface area contributed by atoms with E-state index in [2.05, 4.69) is 0 Å². The first-order valence-electron chi connectivity index (χ1n) is 8.76. The molecule has 6 nitrogen and oxygen atoms in total. The number of carbonyl (C=O) groups is 1. The monoisotopic (exact) mass is 400 g/mol. The highest BCUT2D eigenvalue weighted by atomic mass is 35.5. The van der Waals surface area contributed by atoms with E-state index in [4.69, 9.17) is 30.6 Å². The van der Waals surface area contributed by atoms with E-state index in [1.54, 1.807) is 36.4 Å². The third kappa shape index (κ3) is 3.31. The summed E-state index contributed by atoms with van der Waals surface area (Å²) in [5.41, 5.74) is 0.761. The number of carboxylic acid groups (broad SMARTS) is 1. The van der Waals surface area contributed by atoms with Crippen molar-refractivity contribution in [1.29, 1.82) is 0 Å². The van der Waals surface area contributed by atoms with Crippen LogP contribution in [0.4, 0.5) is 0 Å². The number of aliphatic carboxylic acids is 1. The van der Waals surface area contributed by atoms with Gasteiger partial charge in [-0.15, -0.1) is 0 Å². The average molecular weight is 401 g/mol. The zero-order valence-corrected chi connectivity index (χ0v) is 15.7. The molecule has 144 valence electrons. The summed E-state index contributed by atoms with van der Waals surface area (Å²) in [6, 6.07) is 11.6. The third-order valence-corrected chi connectivity index (χ3v) is 5.19. The Morgan fingerprint density at radius 3 is 2.68 bits per heavy atom. The van der Waals surface area contributed by atoms with Crippen LogP contribution < -0.4 is 14.9 Å². The van der Waals surface area contributed by atoms with Crippen molar-refractivity contribution in [3.05, 3.63) is 57.7 Å². The van der Waals surface area contributed by atoms with Crippen LogP contribution in [0.15, 0.2) is 51.7 Å². The number of hydrogen-bond donors (Lipinski definition) is 1. The molecule has 28 heavy (non-hydrogen) atoms. The molecule has 1 heterocycles. The quantitative estimate of drug-likeness (QED) is 0.684. The minimum Gasteiger partial charge on any atom is -0.493 e. The third-order valence-electron chi connectivity index (χ3n) is 4.89. The van der Waals surface area contributed by atoms with Crippen LogP contribution in [0.5, 0.6) is 11.5 Å². The fraction of sp³-hybridized carbons (Fsp3) is 0.238. The zero-order chi connectivity index (χ0) is 19.8. The highest BCUT2D eigenvalue weighted by molar-refractivity contribution is 6.34. The smallest absolute Gasteiger partial charge is 0.306 e. The van der Waals surface area contributed by atoms with Gasteiger partial charge in [0.15, 0.2) is 22.5 Å². The van der Waals surface area contributed by atoms with E-state index in [0.29, 0.717) is 51.7 Å². The van der Waals surface area contributed by atoms with Gasteiger partial charge in [0.05, 0.1) is 23.4 Å². The van der Waals surface area contributed by atoms with Crippen LogP contribution in [0.2, 0.25) is 5.02 Å². The van der Waals surface area contributed by atoms with Crippen LogP contribution in [0, 0.1) is 5.92 Å². The molecular weight excluding hydrogens is 384 g/mol. The Morgan fingerprint density at radius 1 is 1.18 bits per heavy atom. The number of hydrogen-bond acceptors (Lipinski definition) is 5. The number of halogens is 1. The van der Waals surface area contributed by atoms with E-state index < -0.39 is 5.97 Å². The van der Waals surface area contributed by atoms with Gasteiger partial charge in [0.25, 0.3) is 0 Å². The second-order valence-electron chi connectivity index (χ2n) is 6.70. The van der Waals surface area contributed by atoms with Gasteiger partial charge in [0.2, 0.25) is 0 Å². The first-order chi connectivity index (χ1) is 13.5. The summed E-state index contributed by atoms with van der Waals surface area (Å²) < 4.78 is 17.1. The number of para-hydroxylation sites is 1. The number of carboxylic acids is 1. The van der Waals surface area contributed by atoms with Crippen molar-refractivity contribution < 1.29 is 23.8 Å². The number of methoxy groups -OCH3 is 1. The fourth-order valence-electron chi connectivity index (χ4n) is 3.25. The van der Waals surface area contributed by atoms with Crippen LogP contribution in [0.3, 0.4) is 0 Å². The molecule has 0 saturated heterocycles. The minimum absolute atomic E-state index is 0.191. The predicted octanol–water partition coefficient (Wildman–Crippen LogP) is 4.36. The van der Waals surface area contributed by atoms with Crippen LogP contribution in [0.1, 0.15) is 12.8 Å². The highest BCUT2D eigenvalue weighted by Crippen LogP contribution is 2.38. The molecule has 2 aromatic carbocycles. The molecule has 0 unspecified atom stereocenters. The van der Waals surface area contributed by atoms with Crippen molar-refractivity contribution in [2.75, 3.05) is 7.11 Å². The number of rotatable bonds is 5. The normalized spacial score (nSPS) is 18.5. The number of benzene rings is 2. The molecule has 1 aliphatic rings. The molecule has 3 aromatic rings. The van der Waals surface area contributed by atoms with Crippen LogP contribution in [-0.2, 0) is 4.79 Å². The van der Waals surface area contributed by atoms with Crippen molar-refractivity contribution in [3.63, 3.8) is 0 Å². The SMILES string of the molecule is COc1ccc(-c2cc(=O)c3cccc(Cl)c3o2)cc1OC1CC(C(=O)O)C1. The van der Waals surface area contributed by atoms with Crippen molar-refractivity contribution >= 4 is 28.5 Å². The minimum atomic E-state index is -0.810. The lowest BCUT2D eigenvalue weighted by Crippen LogP contribution is -2.38. The second kappa shape index (κ2) is 7.20. The van der Waals surface area contributed by atoms with Gasteiger partial charge in [0, 0.05) is 11.6 Å². The van der Waals surface area contributed by atoms with Crippen molar-refractivity contribution in [2.45, 2.75) is 18.9 Å². The van der Waals surface area contributed by atoms with Gasteiger partial charge in [0.1, 0.15) is 11.9 Å². The van der Waals surface area contributed by atoms with Crippen LogP contribution in [0.25, 0.3) is 22.3 Å². The van der Waals surface area contributed by atoms with E-state index >= 15 is 0 Å². The van der Waals surface area contributed by atoms with Gasteiger partial charge in [-0.25, -0.2) is 0 Å². The Kier molecular flexibility index (Phi) is 4.73. The molecule has 0 amide bonds. The van der Waals surface area contributed by atoms with E-state index in [1.807, 2.05) is 0 Å². The number of fused-ring (bicyclic) bond motifs is 1. The summed E-state index contributed by atoms with van der Waals surface area (Å²) >= 11 is 6.18. The Hall–Kier alpha value is -2.99. The first kappa shape index (κ1) is 18.4. The average Bonchev–Trinajstić information content (AvgIpc) is 2.64. The Labute approximate surface area is 165 Å². The molecule has 7 heteroatoms. The maximum absolute atomic E-state index is 12.4. The highest BCUT2D eigenvalue weighted by Gasteiger charge is 2.36. The molecule has 0 atom stereocenters. The van der Waals surface area contributed by atoms with Gasteiger partial charge in [-0.3, -0.25) is 9.59 Å². The lowest BCUT2D eigenvalue weighted by atomic mass is 9.82. The lowest BCUT2D eigenvalue weighted by Gasteiger charge is -2.32.